The van der Waals surface area contributed by atoms with E-state index in [0.717, 1.165) is 42.9 Å². The molecule has 0 N–H and O–H groups in total. The van der Waals surface area contributed by atoms with E-state index in [9.17, 15) is 0 Å². The fourth-order valence-electron chi connectivity index (χ4n) is 4.40. The van der Waals surface area contributed by atoms with Gasteiger partial charge in [0.25, 0.3) is 0 Å². The van der Waals surface area contributed by atoms with E-state index in [0.29, 0.717) is 0 Å². The Morgan fingerprint density at radius 3 is 1.31 bits per heavy atom. The van der Waals surface area contributed by atoms with Crippen molar-refractivity contribution in [2.75, 3.05) is 0 Å². The van der Waals surface area contributed by atoms with Crippen LogP contribution in [0.4, 0.5) is 0 Å². The molecule has 4 heterocycles. The minimum atomic E-state index is 0. The van der Waals surface area contributed by atoms with Gasteiger partial charge in [-0.3, -0.25) is 14.0 Å². The summed E-state index contributed by atoms with van der Waals surface area (Å²) >= 11 is 0. The van der Waals surface area contributed by atoms with Gasteiger partial charge in [0.1, 0.15) is 0 Å². The summed E-state index contributed by atoms with van der Waals surface area (Å²) < 4.78 is 7.76. The molecule has 39 heavy (non-hydrogen) atoms. The Labute approximate surface area is 243 Å². The van der Waals surface area contributed by atoms with E-state index in [1.54, 1.807) is 18.6 Å². The molecule has 0 bridgehead atoms. The number of aryl methyl sites for hydroxylation is 2. The number of hydrogen-bond donors (Lipinski definition) is 0. The van der Waals surface area contributed by atoms with Gasteiger partial charge in [0, 0.05) is 63.4 Å². The quantitative estimate of drug-likeness (QED) is 0.212. The maximum absolute atomic E-state index is 4.23. The van der Waals surface area contributed by atoms with Crippen LogP contribution < -0.4 is 0 Å². The van der Waals surface area contributed by atoms with Crippen LogP contribution in [0.15, 0.2) is 98.0 Å². The van der Waals surface area contributed by atoms with Crippen molar-refractivity contribution >= 4 is 0 Å². The number of rotatable bonds is 8. The van der Waals surface area contributed by atoms with E-state index in [1.807, 2.05) is 73.7 Å². The summed E-state index contributed by atoms with van der Waals surface area (Å²) in [5.41, 5.74) is 7.11. The van der Waals surface area contributed by atoms with E-state index in [-0.39, 0.29) is 20.1 Å². The molecule has 0 saturated heterocycles. The van der Waals surface area contributed by atoms with Crippen molar-refractivity contribution in [1.82, 2.24) is 33.9 Å². The van der Waals surface area contributed by atoms with Crippen LogP contribution in [-0.4, -0.2) is 33.9 Å². The topological polar surface area (TPSA) is 58.4 Å². The average molecular weight is 693 g/mol. The van der Waals surface area contributed by atoms with E-state index in [2.05, 4.69) is 71.7 Å². The van der Waals surface area contributed by atoms with Gasteiger partial charge in [-0.1, -0.05) is 13.8 Å². The minimum absolute atomic E-state index is 0. The van der Waals surface area contributed by atoms with E-state index in [1.165, 1.54) is 16.7 Å². The molecule has 6 rings (SSSR count). The van der Waals surface area contributed by atoms with Crippen molar-refractivity contribution in [3.05, 3.63) is 150 Å². The second-order valence-electron chi connectivity index (χ2n) is 9.29. The van der Waals surface area contributed by atoms with Crippen LogP contribution in [0.2, 0.25) is 0 Å². The Balaban J connectivity index is 0.000000176. The van der Waals surface area contributed by atoms with Gasteiger partial charge in [0.15, 0.2) is 0 Å². The Kier molecular flexibility index (Phi) is 9.84. The van der Waals surface area contributed by atoms with Crippen LogP contribution >= 0.6 is 0 Å². The van der Waals surface area contributed by atoms with Crippen molar-refractivity contribution in [3.8, 4) is 0 Å². The summed E-state index contributed by atoms with van der Waals surface area (Å²) in [5.74, 6) is 0. The molecule has 4 aromatic heterocycles. The second-order valence-corrected chi connectivity index (χ2v) is 9.29. The molecule has 7 nitrogen and oxygen atoms in total. The summed E-state index contributed by atoms with van der Waals surface area (Å²) in [5, 5.41) is 12.7. The van der Waals surface area contributed by atoms with Gasteiger partial charge in [0.05, 0.1) is 0 Å². The van der Waals surface area contributed by atoms with E-state index >= 15 is 0 Å². The van der Waals surface area contributed by atoms with Crippen LogP contribution in [0.5, 0.6) is 0 Å². The molecule has 0 amide bonds. The maximum atomic E-state index is 4.23. The first-order valence-electron chi connectivity index (χ1n) is 12.6. The third-order valence-corrected chi connectivity index (χ3v) is 5.87. The first kappa shape index (κ1) is 28.0. The van der Waals surface area contributed by atoms with Crippen molar-refractivity contribution < 1.29 is 20.1 Å². The molecule has 0 fully saturated rings. The molecule has 0 aliphatic heterocycles. The third-order valence-electron chi connectivity index (χ3n) is 5.87. The largest absolute Gasteiger partial charge is 3.00 e. The standard InChI is InChI=1S/C16H15N3.C15H15N4.Ir/c1-14-9-15(12-18-6-2-3-7-18)11-16(10-14)13-19-8-4-5-17-19;1-13-8-14(11-18-6-2-4-16-18)10-15(9-13)12-19-7-3-5-17-19;/h2-6,8-10H,12-13H2,1H3;2-9H,11-12H2,1H3;/q-2;-1;+3. The van der Waals surface area contributed by atoms with Gasteiger partial charge in [-0.2, -0.15) is 75.0 Å². The molecule has 8 heteroatoms. The van der Waals surface area contributed by atoms with E-state index in [4.69, 9.17) is 0 Å². The first-order chi connectivity index (χ1) is 18.6. The van der Waals surface area contributed by atoms with Gasteiger partial charge >= 0.3 is 20.1 Å². The maximum Gasteiger partial charge on any atom is 3.00 e. The van der Waals surface area contributed by atoms with Gasteiger partial charge in [-0.05, 0) is 18.2 Å². The predicted octanol–water partition coefficient (Wildman–Crippen LogP) is 4.97. The molecule has 0 spiro atoms. The van der Waals surface area contributed by atoms with Crippen molar-refractivity contribution in [2.24, 2.45) is 0 Å². The average Bonchev–Trinajstić information content (AvgIpc) is 3.69. The molecule has 0 unspecified atom stereocenters. The third kappa shape index (κ3) is 8.50. The van der Waals surface area contributed by atoms with Crippen LogP contribution in [0.1, 0.15) is 33.4 Å². The monoisotopic (exact) mass is 693 g/mol. The summed E-state index contributed by atoms with van der Waals surface area (Å²) in [6.45, 7) is 7.29. The van der Waals surface area contributed by atoms with Crippen molar-refractivity contribution in [3.63, 3.8) is 0 Å². The molecular formula is C31H30IrN7. The molecule has 6 aromatic rings. The normalized spacial score (nSPS) is 10.5. The SMILES string of the molecule is Cc1cc(Cn2[c-]ccc2)[c-]c(Cn2cccn2)c1.Cc1cc(Cn2cccn2)[c-]c(Cn2cccn2)c1.[Ir+3]. The Bertz CT molecular complexity index is 1290. The van der Waals surface area contributed by atoms with Crippen molar-refractivity contribution in [2.45, 2.75) is 40.0 Å². The molecular weight excluding hydrogens is 663 g/mol. The molecule has 0 atom stereocenters. The number of aromatic nitrogens is 7. The second kappa shape index (κ2) is 13.7. The summed E-state index contributed by atoms with van der Waals surface area (Å²) in [4.78, 5) is 0. The van der Waals surface area contributed by atoms with Gasteiger partial charge in [-0.15, -0.1) is 34.6 Å². The molecule has 0 radical (unpaired) electrons. The summed E-state index contributed by atoms with van der Waals surface area (Å²) in [6.07, 6.45) is 16.4. The Morgan fingerprint density at radius 1 is 0.564 bits per heavy atom. The first-order valence-corrected chi connectivity index (χ1v) is 12.6. The molecule has 0 saturated carbocycles. The zero-order chi connectivity index (χ0) is 26.2. The fourth-order valence-corrected chi connectivity index (χ4v) is 4.40. The zero-order valence-electron chi connectivity index (χ0n) is 22.0. The Hall–Kier alpha value is -4.00. The van der Waals surface area contributed by atoms with Crippen LogP contribution in [0, 0.1) is 32.2 Å². The molecule has 198 valence electrons. The fraction of sp³-hybridized carbons (Fsp3) is 0.194. The number of hydrogen-bond acceptors (Lipinski definition) is 3. The Morgan fingerprint density at radius 2 is 0.974 bits per heavy atom. The smallest absolute Gasteiger partial charge is 0.469 e. The summed E-state index contributed by atoms with van der Waals surface area (Å²) in [7, 11) is 0. The number of benzene rings is 2. The number of nitrogens with zero attached hydrogens (tertiary/aromatic N) is 7. The van der Waals surface area contributed by atoms with Gasteiger partial charge in [0.2, 0.25) is 0 Å². The minimum Gasteiger partial charge on any atom is -0.469 e. The van der Waals surface area contributed by atoms with Crippen LogP contribution in [-0.2, 0) is 46.3 Å². The molecule has 0 aliphatic rings. The molecule has 0 aliphatic carbocycles. The van der Waals surface area contributed by atoms with Gasteiger partial charge < -0.3 is 4.57 Å². The van der Waals surface area contributed by atoms with Crippen molar-refractivity contribution in [1.29, 1.82) is 0 Å². The van der Waals surface area contributed by atoms with E-state index < -0.39 is 0 Å². The zero-order valence-corrected chi connectivity index (χ0v) is 24.4. The predicted molar refractivity (Wildman–Crippen MR) is 146 cm³/mol. The van der Waals surface area contributed by atoms with Gasteiger partial charge in [-0.25, -0.2) is 0 Å². The van der Waals surface area contributed by atoms with Crippen LogP contribution in [0.3, 0.4) is 0 Å². The summed E-state index contributed by atoms with van der Waals surface area (Å²) in [6, 6.07) is 25.2. The molecule has 2 aromatic carbocycles. The van der Waals surface area contributed by atoms with Crippen LogP contribution in [0.25, 0.3) is 0 Å².